The van der Waals surface area contributed by atoms with Crippen molar-refractivity contribution in [3.8, 4) is 0 Å². The summed E-state index contributed by atoms with van der Waals surface area (Å²) in [6, 6.07) is 0. The van der Waals surface area contributed by atoms with E-state index in [9.17, 15) is 4.79 Å². The Hall–Kier alpha value is -1.32. The van der Waals surface area contributed by atoms with E-state index >= 15 is 0 Å². The summed E-state index contributed by atoms with van der Waals surface area (Å²) in [5.41, 5.74) is 0. The lowest BCUT2D eigenvalue weighted by atomic mass is 10.1. The quantitative estimate of drug-likeness (QED) is 0.570. The van der Waals surface area contributed by atoms with Gasteiger partial charge in [0.1, 0.15) is 18.9 Å². The van der Waals surface area contributed by atoms with Crippen LogP contribution in [-0.4, -0.2) is 15.6 Å². The SMILES string of the molecule is CCCCCc1n(CC)cc[n+]1CC(C)C(=O)O. The second-order valence-corrected chi connectivity index (χ2v) is 4.85. The molecule has 0 aliphatic rings. The lowest BCUT2D eigenvalue weighted by Gasteiger charge is -2.07. The molecule has 18 heavy (non-hydrogen) atoms. The highest BCUT2D eigenvalue weighted by molar-refractivity contribution is 5.69. The molecule has 0 saturated carbocycles. The van der Waals surface area contributed by atoms with Crippen LogP contribution in [0.5, 0.6) is 0 Å². The number of hydrogen-bond acceptors (Lipinski definition) is 1. The van der Waals surface area contributed by atoms with Gasteiger partial charge in [-0.2, -0.15) is 0 Å². The zero-order valence-electron chi connectivity index (χ0n) is 11.7. The molecule has 1 atom stereocenters. The van der Waals surface area contributed by atoms with E-state index in [-0.39, 0.29) is 5.92 Å². The fourth-order valence-electron chi connectivity index (χ4n) is 2.15. The average molecular weight is 253 g/mol. The molecule has 0 spiro atoms. The monoisotopic (exact) mass is 253 g/mol. The Balaban J connectivity index is 2.77. The van der Waals surface area contributed by atoms with Crippen molar-refractivity contribution in [2.24, 2.45) is 5.92 Å². The van der Waals surface area contributed by atoms with Crippen LogP contribution >= 0.6 is 0 Å². The number of carbonyl (C=O) groups is 1. The number of aryl methyl sites for hydroxylation is 1. The van der Waals surface area contributed by atoms with Gasteiger partial charge in [-0.05, 0) is 20.3 Å². The first-order valence-electron chi connectivity index (χ1n) is 6.90. The summed E-state index contributed by atoms with van der Waals surface area (Å²) in [4.78, 5) is 10.9. The Kier molecular flexibility index (Phi) is 5.89. The van der Waals surface area contributed by atoms with E-state index in [0.717, 1.165) is 13.0 Å². The lowest BCUT2D eigenvalue weighted by molar-refractivity contribution is -0.707. The molecule has 1 rings (SSSR count). The molecular weight excluding hydrogens is 228 g/mol. The van der Waals surface area contributed by atoms with E-state index in [1.165, 1.54) is 25.1 Å². The van der Waals surface area contributed by atoms with Gasteiger partial charge in [-0.1, -0.05) is 19.8 Å². The van der Waals surface area contributed by atoms with Crippen LogP contribution in [0.2, 0.25) is 0 Å². The molecule has 0 aliphatic heterocycles. The van der Waals surface area contributed by atoms with E-state index in [4.69, 9.17) is 5.11 Å². The standard InChI is InChI=1S/C14H24N2O2/c1-4-6-7-8-13-15(5-2)9-10-16(13)11-12(3)14(17)18/h9-10,12H,4-8,11H2,1-3H3/p+1. The molecule has 102 valence electrons. The minimum atomic E-state index is -0.730. The molecule has 0 aromatic carbocycles. The first-order valence-corrected chi connectivity index (χ1v) is 6.90. The minimum Gasteiger partial charge on any atom is -0.481 e. The normalized spacial score (nSPS) is 12.6. The maximum absolute atomic E-state index is 10.9. The third kappa shape index (κ3) is 3.86. The van der Waals surface area contributed by atoms with Crippen molar-refractivity contribution in [2.75, 3.05) is 0 Å². The van der Waals surface area contributed by atoms with Crippen LogP contribution in [0, 0.1) is 5.92 Å². The van der Waals surface area contributed by atoms with E-state index in [0.29, 0.717) is 6.54 Å². The second-order valence-electron chi connectivity index (χ2n) is 4.85. The van der Waals surface area contributed by atoms with Gasteiger partial charge < -0.3 is 5.11 Å². The number of aliphatic carboxylic acids is 1. The van der Waals surface area contributed by atoms with Crippen LogP contribution in [0.3, 0.4) is 0 Å². The Morgan fingerprint density at radius 1 is 1.44 bits per heavy atom. The Bertz CT molecular complexity index is 385. The maximum atomic E-state index is 10.9. The smallest absolute Gasteiger partial charge is 0.310 e. The third-order valence-corrected chi connectivity index (χ3v) is 3.33. The molecule has 1 aromatic heterocycles. The van der Waals surface area contributed by atoms with Crippen molar-refractivity contribution >= 4 is 5.97 Å². The fraction of sp³-hybridized carbons (Fsp3) is 0.714. The zero-order chi connectivity index (χ0) is 13.5. The van der Waals surface area contributed by atoms with Crippen LogP contribution in [0.4, 0.5) is 0 Å². The number of rotatable bonds is 8. The Morgan fingerprint density at radius 2 is 2.17 bits per heavy atom. The van der Waals surface area contributed by atoms with Crippen LogP contribution < -0.4 is 4.57 Å². The molecule has 0 fully saturated rings. The van der Waals surface area contributed by atoms with Crippen LogP contribution in [0.1, 0.15) is 45.9 Å². The van der Waals surface area contributed by atoms with Crippen LogP contribution in [0.15, 0.2) is 12.4 Å². The van der Waals surface area contributed by atoms with Crippen LogP contribution in [-0.2, 0) is 24.3 Å². The van der Waals surface area contributed by atoms with Crippen molar-refractivity contribution in [3.63, 3.8) is 0 Å². The van der Waals surface area contributed by atoms with Crippen molar-refractivity contribution in [1.82, 2.24) is 4.57 Å². The first-order chi connectivity index (χ1) is 8.60. The number of carboxylic acid groups (broad SMARTS) is 1. The maximum Gasteiger partial charge on any atom is 0.310 e. The highest BCUT2D eigenvalue weighted by atomic mass is 16.4. The topological polar surface area (TPSA) is 46.1 Å². The number of imidazole rings is 1. The third-order valence-electron chi connectivity index (χ3n) is 3.33. The van der Waals surface area contributed by atoms with Crippen molar-refractivity contribution in [3.05, 3.63) is 18.2 Å². The van der Waals surface area contributed by atoms with E-state index in [1.807, 2.05) is 6.20 Å². The molecule has 0 bridgehead atoms. The largest absolute Gasteiger partial charge is 0.481 e. The molecule has 1 unspecified atom stereocenters. The van der Waals surface area contributed by atoms with Gasteiger partial charge in [0.05, 0.1) is 12.5 Å². The minimum absolute atomic E-state index is 0.340. The summed E-state index contributed by atoms with van der Waals surface area (Å²) in [7, 11) is 0. The predicted octanol–water partition coefficient (Wildman–Crippen LogP) is 2.25. The van der Waals surface area contributed by atoms with Gasteiger partial charge in [0.15, 0.2) is 0 Å². The molecule has 0 radical (unpaired) electrons. The molecular formula is C14H25N2O2+. The van der Waals surface area contributed by atoms with E-state index in [1.54, 1.807) is 6.92 Å². The number of aromatic nitrogens is 2. The molecule has 0 saturated heterocycles. The summed E-state index contributed by atoms with van der Waals surface area (Å²) in [5, 5.41) is 8.99. The molecule has 4 heteroatoms. The van der Waals surface area contributed by atoms with Gasteiger partial charge in [0.2, 0.25) is 0 Å². The fourth-order valence-corrected chi connectivity index (χ4v) is 2.15. The van der Waals surface area contributed by atoms with E-state index < -0.39 is 5.97 Å². The summed E-state index contributed by atoms with van der Waals surface area (Å²) in [5.74, 6) is 0.179. The number of unbranched alkanes of at least 4 members (excludes halogenated alkanes) is 2. The summed E-state index contributed by atoms with van der Waals surface area (Å²) >= 11 is 0. The van der Waals surface area contributed by atoms with Crippen LogP contribution in [0.25, 0.3) is 0 Å². The Morgan fingerprint density at radius 3 is 2.72 bits per heavy atom. The molecule has 4 nitrogen and oxygen atoms in total. The predicted molar refractivity (Wildman–Crippen MR) is 70.3 cm³/mol. The summed E-state index contributed by atoms with van der Waals surface area (Å²) < 4.78 is 4.31. The Labute approximate surface area is 109 Å². The number of nitrogens with zero attached hydrogens (tertiary/aromatic N) is 2. The highest BCUT2D eigenvalue weighted by Crippen LogP contribution is 2.05. The lowest BCUT2D eigenvalue weighted by Crippen LogP contribution is -2.41. The van der Waals surface area contributed by atoms with Crippen molar-refractivity contribution < 1.29 is 14.5 Å². The van der Waals surface area contributed by atoms with Gasteiger partial charge in [-0.3, -0.25) is 4.79 Å². The summed E-state index contributed by atoms with van der Waals surface area (Å²) in [6.07, 6.45) is 8.69. The van der Waals surface area contributed by atoms with E-state index in [2.05, 4.69) is 29.2 Å². The van der Waals surface area contributed by atoms with Gasteiger partial charge in [0.25, 0.3) is 5.82 Å². The first kappa shape index (κ1) is 14.7. The van der Waals surface area contributed by atoms with Crippen molar-refractivity contribution in [1.29, 1.82) is 0 Å². The van der Waals surface area contributed by atoms with Gasteiger partial charge in [-0.25, -0.2) is 9.13 Å². The van der Waals surface area contributed by atoms with Gasteiger partial charge in [-0.15, -0.1) is 0 Å². The van der Waals surface area contributed by atoms with Gasteiger partial charge in [0, 0.05) is 6.42 Å². The summed E-state index contributed by atoms with van der Waals surface area (Å²) in [6.45, 7) is 7.57. The zero-order valence-corrected chi connectivity index (χ0v) is 11.7. The number of carboxylic acids is 1. The molecule has 1 heterocycles. The number of hydrogen-bond donors (Lipinski definition) is 1. The molecule has 0 amide bonds. The molecule has 1 aromatic rings. The highest BCUT2D eigenvalue weighted by Gasteiger charge is 2.20. The molecule has 0 aliphatic carbocycles. The second kappa shape index (κ2) is 7.19. The van der Waals surface area contributed by atoms with Crippen molar-refractivity contribution in [2.45, 2.75) is 59.5 Å². The average Bonchev–Trinajstić information content (AvgIpc) is 2.72. The molecule has 1 N–H and O–H groups in total. The van der Waals surface area contributed by atoms with Gasteiger partial charge >= 0.3 is 5.97 Å².